The standard InChI is InChI=1S/C13H14N4O4/c1-7-10(13(21)17-15-7)5-12(20)16-14-6-8-2-3-9(18)4-11(8)19/h2-4,6,18-19H,5H2,1H3,(H,16,20)(H2,15,17,21). The van der Waals surface area contributed by atoms with Crippen LogP contribution in [0.4, 0.5) is 0 Å². The van der Waals surface area contributed by atoms with Crippen molar-refractivity contribution >= 4 is 12.1 Å². The molecule has 0 atom stereocenters. The van der Waals surface area contributed by atoms with Crippen molar-refractivity contribution < 1.29 is 15.0 Å². The number of amides is 1. The number of aromatic hydroxyl groups is 2. The number of phenolic OH excluding ortho intramolecular Hbond substituents is 2. The van der Waals surface area contributed by atoms with Gasteiger partial charge in [-0.2, -0.15) is 5.10 Å². The molecule has 1 heterocycles. The number of hydrogen-bond donors (Lipinski definition) is 5. The van der Waals surface area contributed by atoms with E-state index in [4.69, 9.17) is 5.11 Å². The van der Waals surface area contributed by atoms with Crippen LogP contribution in [-0.2, 0) is 11.2 Å². The van der Waals surface area contributed by atoms with Crippen molar-refractivity contribution in [3.05, 3.63) is 45.4 Å². The summed E-state index contributed by atoms with van der Waals surface area (Å²) in [6.45, 7) is 1.68. The summed E-state index contributed by atoms with van der Waals surface area (Å²) in [5.74, 6) is -0.695. The lowest BCUT2D eigenvalue weighted by molar-refractivity contribution is -0.120. The summed E-state index contributed by atoms with van der Waals surface area (Å²) in [6.07, 6.45) is 1.13. The van der Waals surface area contributed by atoms with Gasteiger partial charge in [-0.1, -0.05) is 0 Å². The third-order valence-electron chi connectivity index (χ3n) is 2.83. The highest BCUT2D eigenvalue weighted by Gasteiger charge is 2.10. The van der Waals surface area contributed by atoms with Gasteiger partial charge >= 0.3 is 0 Å². The minimum atomic E-state index is -0.460. The van der Waals surface area contributed by atoms with Crippen LogP contribution < -0.4 is 11.0 Å². The van der Waals surface area contributed by atoms with Crippen molar-refractivity contribution in [3.8, 4) is 11.5 Å². The zero-order valence-corrected chi connectivity index (χ0v) is 11.2. The molecule has 2 rings (SSSR count). The van der Waals surface area contributed by atoms with Gasteiger partial charge in [0.05, 0.1) is 12.6 Å². The lowest BCUT2D eigenvalue weighted by Gasteiger charge is -2.00. The molecule has 0 fully saturated rings. The second kappa shape index (κ2) is 5.95. The second-order valence-electron chi connectivity index (χ2n) is 4.40. The number of aromatic amines is 2. The second-order valence-corrected chi connectivity index (χ2v) is 4.40. The highest BCUT2D eigenvalue weighted by molar-refractivity contribution is 5.85. The van der Waals surface area contributed by atoms with Crippen LogP contribution in [0.5, 0.6) is 11.5 Å². The first-order valence-corrected chi connectivity index (χ1v) is 6.07. The molecule has 8 nitrogen and oxygen atoms in total. The third kappa shape index (κ3) is 3.50. The minimum absolute atomic E-state index is 0.0733. The van der Waals surface area contributed by atoms with Crippen LogP contribution in [0.15, 0.2) is 28.1 Å². The number of carbonyl (C=O) groups is 1. The van der Waals surface area contributed by atoms with Crippen LogP contribution in [0.2, 0.25) is 0 Å². The van der Waals surface area contributed by atoms with E-state index in [0.717, 1.165) is 6.07 Å². The van der Waals surface area contributed by atoms with Crippen LogP contribution >= 0.6 is 0 Å². The van der Waals surface area contributed by atoms with Gasteiger partial charge in [0, 0.05) is 22.9 Å². The molecule has 0 aliphatic carbocycles. The Kier molecular flexibility index (Phi) is 4.07. The first kappa shape index (κ1) is 14.4. The van der Waals surface area contributed by atoms with Crippen LogP contribution in [0, 0.1) is 6.92 Å². The molecule has 1 aromatic carbocycles. The van der Waals surface area contributed by atoms with Gasteiger partial charge in [-0.05, 0) is 19.1 Å². The number of aromatic nitrogens is 2. The van der Waals surface area contributed by atoms with E-state index >= 15 is 0 Å². The number of phenols is 2. The molecule has 0 unspecified atom stereocenters. The smallest absolute Gasteiger partial charge is 0.267 e. The number of aryl methyl sites for hydroxylation is 1. The maximum atomic E-state index is 11.7. The van der Waals surface area contributed by atoms with Crippen LogP contribution in [-0.4, -0.2) is 32.5 Å². The Balaban J connectivity index is 1.98. The molecule has 5 N–H and O–H groups in total. The maximum Gasteiger partial charge on any atom is 0.267 e. The third-order valence-corrected chi connectivity index (χ3v) is 2.83. The van der Waals surface area contributed by atoms with Gasteiger partial charge in [0.25, 0.3) is 5.56 Å². The lowest BCUT2D eigenvalue weighted by atomic mass is 10.2. The lowest BCUT2D eigenvalue weighted by Crippen LogP contribution is -2.23. The number of H-pyrrole nitrogens is 2. The van der Waals surface area contributed by atoms with E-state index in [0.29, 0.717) is 16.8 Å². The Morgan fingerprint density at radius 3 is 2.76 bits per heavy atom. The largest absolute Gasteiger partial charge is 0.508 e. The number of nitrogens with one attached hydrogen (secondary N) is 3. The maximum absolute atomic E-state index is 11.7. The number of nitrogens with zero attached hydrogens (tertiary/aromatic N) is 1. The van der Waals surface area contributed by atoms with Crippen molar-refractivity contribution in [1.29, 1.82) is 0 Å². The van der Waals surface area contributed by atoms with Gasteiger partial charge in [0.2, 0.25) is 5.91 Å². The topological polar surface area (TPSA) is 131 Å². The molecule has 0 bridgehead atoms. The van der Waals surface area contributed by atoms with Crippen molar-refractivity contribution in [2.24, 2.45) is 5.10 Å². The molecule has 8 heteroatoms. The van der Waals surface area contributed by atoms with Crippen LogP contribution in [0.3, 0.4) is 0 Å². The summed E-state index contributed by atoms with van der Waals surface area (Å²) in [4.78, 5) is 23.0. The summed E-state index contributed by atoms with van der Waals surface area (Å²) in [7, 11) is 0. The number of benzene rings is 1. The Morgan fingerprint density at radius 2 is 2.14 bits per heavy atom. The first-order chi connectivity index (χ1) is 9.97. The van der Waals surface area contributed by atoms with Gasteiger partial charge in [0.1, 0.15) is 11.5 Å². The van der Waals surface area contributed by atoms with Crippen molar-refractivity contribution in [1.82, 2.24) is 15.6 Å². The fraction of sp³-hybridized carbons (Fsp3) is 0.154. The minimum Gasteiger partial charge on any atom is -0.508 e. The molecule has 0 radical (unpaired) electrons. The summed E-state index contributed by atoms with van der Waals surface area (Å²) in [5, 5.41) is 27.3. The number of rotatable bonds is 4. The first-order valence-electron chi connectivity index (χ1n) is 6.07. The summed E-state index contributed by atoms with van der Waals surface area (Å²) in [5.41, 5.74) is 3.18. The Bertz CT molecular complexity index is 745. The predicted octanol–water partition coefficient (Wildman–Crippen LogP) is 0.115. The van der Waals surface area contributed by atoms with Crippen molar-refractivity contribution in [3.63, 3.8) is 0 Å². The van der Waals surface area contributed by atoms with E-state index in [1.54, 1.807) is 6.92 Å². The molecule has 0 saturated heterocycles. The van der Waals surface area contributed by atoms with E-state index in [1.165, 1.54) is 18.3 Å². The van der Waals surface area contributed by atoms with Crippen molar-refractivity contribution in [2.45, 2.75) is 13.3 Å². The molecule has 1 amide bonds. The van der Waals surface area contributed by atoms with E-state index < -0.39 is 5.91 Å². The van der Waals surface area contributed by atoms with Gasteiger partial charge in [-0.15, -0.1) is 0 Å². The molecular weight excluding hydrogens is 276 g/mol. The molecule has 1 aromatic heterocycles. The van der Waals surface area contributed by atoms with Gasteiger partial charge in [0.15, 0.2) is 0 Å². The highest BCUT2D eigenvalue weighted by atomic mass is 16.3. The average Bonchev–Trinajstić information content (AvgIpc) is 2.73. The molecular formula is C13H14N4O4. The fourth-order valence-electron chi connectivity index (χ4n) is 1.70. The van der Waals surface area contributed by atoms with E-state index in [-0.39, 0.29) is 23.5 Å². The summed E-state index contributed by atoms with van der Waals surface area (Å²) < 4.78 is 0. The summed E-state index contributed by atoms with van der Waals surface area (Å²) >= 11 is 0. The SMILES string of the molecule is Cc1[nH][nH]c(=O)c1CC(=O)NN=Cc1ccc(O)cc1O. The van der Waals surface area contributed by atoms with Gasteiger partial charge in [-0.3, -0.25) is 14.7 Å². The van der Waals surface area contributed by atoms with E-state index in [9.17, 15) is 14.7 Å². The van der Waals surface area contributed by atoms with Crippen LogP contribution in [0.1, 0.15) is 16.8 Å². The monoisotopic (exact) mass is 290 g/mol. The molecule has 0 spiro atoms. The Hall–Kier alpha value is -3.03. The normalized spacial score (nSPS) is 10.9. The quantitative estimate of drug-likeness (QED) is 0.404. The van der Waals surface area contributed by atoms with Crippen LogP contribution in [0.25, 0.3) is 0 Å². The molecule has 2 aromatic rings. The average molecular weight is 290 g/mol. The number of hydrazone groups is 1. The summed E-state index contributed by atoms with van der Waals surface area (Å²) in [6, 6.07) is 3.98. The zero-order valence-electron chi connectivity index (χ0n) is 11.2. The van der Waals surface area contributed by atoms with E-state index in [1.807, 2.05) is 0 Å². The van der Waals surface area contributed by atoms with Gasteiger partial charge in [-0.25, -0.2) is 5.43 Å². The van der Waals surface area contributed by atoms with Crippen molar-refractivity contribution in [2.75, 3.05) is 0 Å². The molecule has 0 aliphatic rings. The molecule has 110 valence electrons. The predicted molar refractivity (Wildman–Crippen MR) is 75.4 cm³/mol. The number of hydrogen-bond acceptors (Lipinski definition) is 5. The molecule has 0 aliphatic heterocycles. The highest BCUT2D eigenvalue weighted by Crippen LogP contribution is 2.20. The van der Waals surface area contributed by atoms with Gasteiger partial charge < -0.3 is 15.3 Å². The molecule has 0 saturated carbocycles. The Labute approximate surface area is 119 Å². The zero-order chi connectivity index (χ0) is 15.4. The Morgan fingerprint density at radius 1 is 1.38 bits per heavy atom. The molecule has 21 heavy (non-hydrogen) atoms. The van der Waals surface area contributed by atoms with E-state index in [2.05, 4.69) is 20.7 Å². The fourth-order valence-corrected chi connectivity index (χ4v) is 1.70. The number of carbonyl (C=O) groups excluding carboxylic acids is 1.